The molecule has 0 saturated carbocycles. The molecule has 0 aliphatic carbocycles. The zero-order valence-corrected chi connectivity index (χ0v) is 11.5. The van der Waals surface area contributed by atoms with Gasteiger partial charge in [-0.25, -0.2) is 4.98 Å². The molecule has 0 aliphatic rings. The van der Waals surface area contributed by atoms with Gasteiger partial charge in [-0.15, -0.1) is 0 Å². The number of hydrogen-bond acceptors (Lipinski definition) is 2. The van der Waals surface area contributed by atoms with Crippen LogP contribution in [-0.4, -0.2) is 4.98 Å². The van der Waals surface area contributed by atoms with Crippen molar-refractivity contribution in [3.8, 4) is 11.3 Å². The number of rotatable bonds is 1. The Morgan fingerprint density at radius 2 is 1.52 bits per heavy atom. The molecule has 1 aromatic heterocycles. The molecule has 3 aromatic carbocycles. The molecule has 0 amide bonds. The van der Waals surface area contributed by atoms with E-state index in [1.165, 1.54) is 0 Å². The van der Waals surface area contributed by atoms with Crippen molar-refractivity contribution in [2.24, 2.45) is 0 Å². The normalized spacial score (nSPS) is 11.0. The van der Waals surface area contributed by atoms with Gasteiger partial charge in [0.2, 0.25) is 0 Å². The van der Waals surface area contributed by atoms with Crippen LogP contribution >= 0.6 is 0 Å². The van der Waals surface area contributed by atoms with Crippen molar-refractivity contribution in [1.29, 1.82) is 0 Å². The number of pyridine rings is 1. The van der Waals surface area contributed by atoms with Crippen LogP contribution in [0.2, 0.25) is 0 Å². The van der Waals surface area contributed by atoms with Gasteiger partial charge in [0.05, 0.1) is 11.2 Å². The maximum absolute atomic E-state index is 6.07. The minimum absolute atomic E-state index is 0.801. The average Bonchev–Trinajstić information content (AvgIpc) is 2.54. The first kappa shape index (κ1) is 11.9. The molecule has 0 unspecified atom stereocenters. The Morgan fingerprint density at radius 1 is 0.714 bits per heavy atom. The second-order valence-electron chi connectivity index (χ2n) is 5.17. The van der Waals surface area contributed by atoms with Gasteiger partial charge in [-0.3, -0.25) is 0 Å². The molecule has 100 valence electrons. The van der Waals surface area contributed by atoms with Gasteiger partial charge >= 0.3 is 0 Å². The topological polar surface area (TPSA) is 38.9 Å². The maximum atomic E-state index is 6.07. The highest BCUT2D eigenvalue weighted by Crippen LogP contribution is 2.27. The van der Waals surface area contributed by atoms with E-state index in [1.54, 1.807) is 0 Å². The summed E-state index contributed by atoms with van der Waals surface area (Å²) in [4.78, 5) is 4.74. The second-order valence-corrected chi connectivity index (χ2v) is 5.17. The van der Waals surface area contributed by atoms with E-state index in [4.69, 9.17) is 10.7 Å². The Morgan fingerprint density at radius 3 is 2.48 bits per heavy atom. The van der Waals surface area contributed by atoms with Gasteiger partial charge in [-0.05, 0) is 29.7 Å². The summed E-state index contributed by atoms with van der Waals surface area (Å²) in [6.45, 7) is 0. The quantitative estimate of drug-likeness (QED) is 0.512. The number of para-hydroxylation sites is 1. The SMILES string of the molecule is Nc1cccc2ccc(-c3ccc4ccccc4n3)cc12. The van der Waals surface area contributed by atoms with Crippen molar-refractivity contribution in [1.82, 2.24) is 4.98 Å². The van der Waals surface area contributed by atoms with Gasteiger partial charge in [0, 0.05) is 22.0 Å². The number of nitrogens with zero attached hydrogens (tertiary/aromatic N) is 1. The zero-order chi connectivity index (χ0) is 14.2. The van der Waals surface area contributed by atoms with E-state index in [-0.39, 0.29) is 0 Å². The fourth-order valence-electron chi connectivity index (χ4n) is 2.68. The van der Waals surface area contributed by atoms with Crippen molar-refractivity contribution < 1.29 is 0 Å². The maximum Gasteiger partial charge on any atom is 0.0709 e. The standard InChI is InChI=1S/C19H14N2/c20-17-6-3-5-13-8-9-15(12-16(13)17)19-11-10-14-4-1-2-7-18(14)21-19/h1-12H,20H2. The lowest BCUT2D eigenvalue weighted by Gasteiger charge is -2.07. The smallest absolute Gasteiger partial charge is 0.0709 e. The van der Waals surface area contributed by atoms with E-state index in [2.05, 4.69) is 42.5 Å². The van der Waals surface area contributed by atoms with Crippen LogP contribution in [0.3, 0.4) is 0 Å². The van der Waals surface area contributed by atoms with E-state index < -0.39 is 0 Å². The number of aromatic nitrogens is 1. The summed E-state index contributed by atoms with van der Waals surface area (Å²) in [6.07, 6.45) is 0. The predicted octanol–water partition coefficient (Wildman–Crippen LogP) is 4.64. The number of nitrogens with two attached hydrogens (primary N) is 1. The third-order valence-corrected chi connectivity index (χ3v) is 3.81. The lowest BCUT2D eigenvalue weighted by molar-refractivity contribution is 1.40. The molecule has 2 heteroatoms. The highest BCUT2D eigenvalue weighted by atomic mass is 14.7. The molecular formula is C19H14N2. The first-order valence-electron chi connectivity index (χ1n) is 6.96. The van der Waals surface area contributed by atoms with Crippen LogP contribution in [0.25, 0.3) is 32.9 Å². The molecule has 0 spiro atoms. The molecule has 0 saturated heterocycles. The van der Waals surface area contributed by atoms with Crippen molar-refractivity contribution >= 4 is 27.4 Å². The fraction of sp³-hybridized carbons (Fsp3) is 0. The second kappa shape index (κ2) is 4.60. The summed E-state index contributed by atoms with van der Waals surface area (Å²) in [5, 5.41) is 3.38. The molecule has 2 N–H and O–H groups in total. The lowest BCUT2D eigenvalue weighted by Crippen LogP contribution is -1.89. The summed E-state index contributed by atoms with van der Waals surface area (Å²) in [5.41, 5.74) is 9.94. The predicted molar refractivity (Wildman–Crippen MR) is 89.1 cm³/mol. The highest BCUT2D eigenvalue weighted by molar-refractivity contribution is 5.95. The average molecular weight is 270 g/mol. The minimum Gasteiger partial charge on any atom is -0.398 e. The summed E-state index contributed by atoms with van der Waals surface area (Å²) in [5.74, 6) is 0. The molecular weight excluding hydrogens is 256 g/mol. The molecule has 4 rings (SSSR count). The van der Waals surface area contributed by atoms with Gasteiger partial charge in [0.15, 0.2) is 0 Å². The van der Waals surface area contributed by atoms with Crippen LogP contribution in [0.1, 0.15) is 0 Å². The van der Waals surface area contributed by atoms with E-state index in [9.17, 15) is 0 Å². The largest absolute Gasteiger partial charge is 0.398 e. The summed E-state index contributed by atoms with van der Waals surface area (Å²) >= 11 is 0. The lowest BCUT2D eigenvalue weighted by atomic mass is 10.0. The van der Waals surface area contributed by atoms with Crippen LogP contribution in [0.5, 0.6) is 0 Å². The monoisotopic (exact) mass is 270 g/mol. The Labute approximate surface area is 122 Å². The first-order valence-corrected chi connectivity index (χ1v) is 6.96. The molecule has 0 radical (unpaired) electrons. The van der Waals surface area contributed by atoms with E-state index in [1.807, 2.05) is 30.3 Å². The fourth-order valence-corrected chi connectivity index (χ4v) is 2.68. The van der Waals surface area contributed by atoms with Crippen molar-refractivity contribution in [2.45, 2.75) is 0 Å². The Bertz CT molecular complexity index is 958. The molecule has 0 bridgehead atoms. The van der Waals surface area contributed by atoms with Crippen LogP contribution in [0.15, 0.2) is 72.8 Å². The van der Waals surface area contributed by atoms with E-state index in [0.29, 0.717) is 0 Å². The number of anilines is 1. The minimum atomic E-state index is 0.801. The van der Waals surface area contributed by atoms with Crippen LogP contribution in [0, 0.1) is 0 Å². The summed E-state index contributed by atoms with van der Waals surface area (Å²) in [7, 11) is 0. The molecule has 0 fully saturated rings. The first-order chi connectivity index (χ1) is 10.3. The van der Waals surface area contributed by atoms with Crippen molar-refractivity contribution in [3.05, 3.63) is 72.8 Å². The summed E-state index contributed by atoms with van der Waals surface area (Å²) < 4.78 is 0. The molecule has 4 aromatic rings. The van der Waals surface area contributed by atoms with Gasteiger partial charge in [-0.2, -0.15) is 0 Å². The number of fused-ring (bicyclic) bond motifs is 2. The Kier molecular flexibility index (Phi) is 2.61. The third-order valence-electron chi connectivity index (χ3n) is 3.81. The molecule has 1 heterocycles. The van der Waals surface area contributed by atoms with Gasteiger partial charge in [-0.1, -0.05) is 48.5 Å². The van der Waals surface area contributed by atoms with Crippen LogP contribution in [-0.2, 0) is 0 Å². The number of nitrogen functional groups attached to an aromatic ring is 1. The molecule has 21 heavy (non-hydrogen) atoms. The number of hydrogen-bond donors (Lipinski definition) is 1. The van der Waals surface area contributed by atoms with Crippen LogP contribution in [0.4, 0.5) is 5.69 Å². The van der Waals surface area contributed by atoms with Crippen molar-refractivity contribution in [2.75, 3.05) is 5.73 Å². The zero-order valence-electron chi connectivity index (χ0n) is 11.5. The van der Waals surface area contributed by atoms with Gasteiger partial charge in [0.1, 0.15) is 0 Å². The van der Waals surface area contributed by atoms with Crippen molar-refractivity contribution in [3.63, 3.8) is 0 Å². The third kappa shape index (κ3) is 2.01. The van der Waals surface area contributed by atoms with Crippen LogP contribution < -0.4 is 5.73 Å². The van der Waals surface area contributed by atoms with Gasteiger partial charge in [0.25, 0.3) is 0 Å². The molecule has 2 nitrogen and oxygen atoms in total. The molecule has 0 aliphatic heterocycles. The Hall–Kier alpha value is -2.87. The molecule has 0 atom stereocenters. The van der Waals surface area contributed by atoms with Gasteiger partial charge < -0.3 is 5.73 Å². The highest BCUT2D eigenvalue weighted by Gasteiger charge is 2.04. The Balaban J connectivity index is 1.93. The van der Waals surface area contributed by atoms with E-state index >= 15 is 0 Å². The van der Waals surface area contributed by atoms with E-state index in [0.717, 1.165) is 38.6 Å². The number of benzene rings is 3. The summed E-state index contributed by atoms with van der Waals surface area (Å²) in [6, 6.07) is 24.6.